The van der Waals surface area contributed by atoms with Crippen LogP contribution in [0.4, 0.5) is 5.69 Å². The fraction of sp³-hybridized carbons (Fsp3) is 0.182. The number of aromatic nitrogens is 3. The van der Waals surface area contributed by atoms with E-state index in [0.717, 1.165) is 22.6 Å². The molecule has 0 fully saturated rings. The molecule has 0 aliphatic carbocycles. The first-order valence-corrected chi connectivity index (χ1v) is 9.66. The van der Waals surface area contributed by atoms with Gasteiger partial charge in [-0.25, -0.2) is 14.5 Å². The molecule has 3 aromatic rings. The molecule has 30 heavy (non-hydrogen) atoms. The standard InChI is InChI=1S/C22H21ClN4O3/c1-14-18(15(2)27(26-14)17-8-5-4-6-9-17)11-12-20(28)30-16(3)22(29)25-19-10-7-13-24-21(19)23/h4-13,16H,1-3H3,(H,25,29)/b12-11+/t16-/m1/s1. The lowest BCUT2D eigenvalue weighted by atomic mass is 10.2. The lowest BCUT2D eigenvalue weighted by Crippen LogP contribution is -2.29. The van der Waals surface area contributed by atoms with Crippen LogP contribution < -0.4 is 5.32 Å². The van der Waals surface area contributed by atoms with Crippen LogP contribution in [0.5, 0.6) is 0 Å². The first-order valence-electron chi connectivity index (χ1n) is 9.28. The van der Waals surface area contributed by atoms with Gasteiger partial charge in [0.15, 0.2) is 11.3 Å². The molecule has 0 bridgehead atoms. The second-order valence-electron chi connectivity index (χ2n) is 6.58. The number of nitrogens with one attached hydrogen (secondary N) is 1. The summed E-state index contributed by atoms with van der Waals surface area (Å²) >= 11 is 5.92. The first-order chi connectivity index (χ1) is 14.4. The highest BCUT2D eigenvalue weighted by Crippen LogP contribution is 2.20. The van der Waals surface area contributed by atoms with Gasteiger partial charge in [-0.2, -0.15) is 5.10 Å². The molecule has 7 nitrogen and oxygen atoms in total. The molecule has 0 radical (unpaired) electrons. The van der Waals surface area contributed by atoms with Crippen LogP contribution in [0.25, 0.3) is 11.8 Å². The Bertz CT molecular complexity index is 1090. The minimum Gasteiger partial charge on any atom is -0.449 e. The van der Waals surface area contributed by atoms with E-state index < -0.39 is 18.0 Å². The normalized spacial score (nSPS) is 12.0. The number of benzene rings is 1. The number of carbonyl (C=O) groups is 2. The van der Waals surface area contributed by atoms with Gasteiger partial charge >= 0.3 is 5.97 Å². The maximum atomic E-state index is 12.2. The van der Waals surface area contributed by atoms with E-state index in [-0.39, 0.29) is 5.15 Å². The summed E-state index contributed by atoms with van der Waals surface area (Å²) in [4.78, 5) is 28.3. The van der Waals surface area contributed by atoms with Crippen molar-refractivity contribution in [3.63, 3.8) is 0 Å². The Labute approximate surface area is 179 Å². The van der Waals surface area contributed by atoms with Gasteiger partial charge in [0.05, 0.1) is 17.1 Å². The summed E-state index contributed by atoms with van der Waals surface area (Å²) in [6.45, 7) is 5.27. The van der Waals surface area contributed by atoms with Crippen LogP contribution >= 0.6 is 11.6 Å². The number of amides is 1. The van der Waals surface area contributed by atoms with Crippen molar-refractivity contribution in [3.05, 3.63) is 76.8 Å². The number of ether oxygens (including phenoxy) is 1. The molecule has 1 aromatic carbocycles. The number of hydrogen-bond donors (Lipinski definition) is 1. The van der Waals surface area contributed by atoms with Crippen molar-refractivity contribution in [2.24, 2.45) is 0 Å². The molecule has 2 aromatic heterocycles. The summed E-state index contributed by atoms with van der Waals surface area (Å²) in [5, 5.41) is 7.27. The average molecular weight is 425 g/mol. The first kappa shape index (κ1) is 21.3. The van der Waals surface area contributed by atoms with Gasteiger partial charge in [-0.05, 0) is 51.1 Å². The van der Waals surface area contributed by atoms with Crippen LogP contribution in [0.3, 0.4) is 0 Å². The van der Waals surface area contributed by atoms with E-state index in [9.17, 15) is 9.59 Å². The Morgan fingerprint density at radius 3 is 2.60 bits per heavy atom. The summed E-state index contributed by atoms with van der Waals surface area (Å²) in [7, 11) is 0. The van der Waals surface area contributed by atoms with Crippen molar-refractivity contribution >= 4 is 35.2 Å². The third kappa shape index (κ3) is 4.93. The van der Waals surface area contributed by atoms with Crippen LogP contribution in [0, 0.1) is 13.8 Å². The van der Waals surface area contributed by atoms with E-state index >= 15 is 0 Å². The van der Waals surface area contributed by atoms with Crippen LogP contribution in [-0.4, -0.2) is 32.7 Å². The van der Waals surface area contributed by atoms with Crippen molar-refractivity contribution in [1.82, 2.24) is 14.8 Å². The third-order valence-corrected chi connectivity index (χ3v) is 4.71. The highest BCUT2D eigenvalue weighted by molar-refractivity contribution is 6.32. The number of nitrogens with zero attached hydrogens (tertiary/aromatic N) is 3. The molecule has 2 heterocycles. The summed E-state index contributed by atoms with van der Waals surface area (Å²) < 4.78 is 7.00. The monoisotopic (exact) mass is 424 g/mol. The number of halogens is 1. The number of para-hydroxylation sites is 1. The summed E-state index contributed by atoms with van der Waals surface area (Å²) in [5.74, 6) is -1.14. The molecule has 0 saturated heterocycles. The highest BCUT2D eigenvalue weighted by Gasteiger charge is 2.18. The van der Waals surface area contributed by atoms with E-state index in [1.807, 2.05) is 48.9 Å². The van der Waals surface area contributed by atoms with Crippen molar-refractivity contribution in [1.29, 1.82) is 0 Å². The van der Waals surface area contributed by atoms with Gasteiger partial charge in [0, 0.05) is 23.5 Å². The quantitative estimate of drug-likeness (QED) is 0.365. The Morgan fingerprint density at radius 1 is 1.17 bits per heavy atom. The molecule has 0 unspecified atom stereocenters. The van der Waals surface area contributed by atoms with E-state index in [0.29, 0.717) is 5.69 Å². The smallest absolute Gasteiger partial charge is 0.331 e. The maximum Gasteiger partial charge on any atom is 0.331 e. The molecular formula is C22H21ClN4O3. The zero-order chi connectivity index (χ0) is 21.7. The fourth-order valence-electron chi connectivity index (χ4n) is 2.85. The molecule has 154 valence electrons. The van der Waals surface area contributed by atoms with E-state index in [1.54, 1.807) is 18.2 Å². The zero-order valence-corrected chi connectivity index (χ0v) is 17.6. The molecule has 1 N–H and O–H groups in total. The minimum absolute atomic E-state index is 0.158. The number of carbonyl (C=O) groups excluding carboxylic acids is 2. The summed E-state index contributed by atoms with van der Waals surface area (Å²) in [6.07, 6.45) is 3.43. The van der Waals surface area contributed by atoms with Crippen LogP contribution in [0.1, 0.15) is 23.9 Å². The SMILES string of the molecule is Cc1nn(-c2ccccc2)c(C)c1/C=C/C(=O)O[C@H](C)C(=O)Nc1cccnc1Cl. The number of pyridine rings is 1. The Kier molecular flexibility index (Phi) is 6.64. The number of aryl methyl sites for hydroxylation is 1. The fourth-order valence-corrected chi connectivity index (χ4v) is 3.02. The Morgan fingerprint density at radius 2 is 1.90 bits per heavy atom. The average Bonchev–Trinajstić information content (AvgIpc) is 3.02. The van der Waals surface area contributed by atoms with Crippen molar-refractivity contribution in [2.45, 2.75) is 26.9 Å². The number of rotatable bonds is 6. The van der Waals surface area contributed by atoms with Crippen LogP contribution in [0.2, 0.25) is 5.15 Å². The van der Waals surface area contributed by atoms with Crippen molar-refractivity contribution < 1.29 is 14.3 Å². The largest absolute Gasteiger partial charge is 0.449 e. The van der Waals surface area contributed by atoms with Gasteiger partial charge in [0.1, 0.15) is 0 Å². The number of hydrogen-bond acceptors (Lipinski definition) is 5. The molecule has 0 aliphatic heterocycles. The molecule has 3 rings (SSSR count). The highest BCUT2D eigenvalue weighted by atomic mass is 35.5. The molecule has 0 aliphatic rings. The summed E-state index contributed by atoms with van der Waals surface area (Å²) in [5.41, 5.74) is 3.76. The van der Waals surface area contributed by atoms with Gasteiger partial charge in [-0.15, -0.1) is 0 Å². The van der Waals surface area contributed by atoms with Gasteiger partial charge < -0.3 is 10.1 Å². The van der Waals surface area contributed by atoms with Gasteiger partial charge in [0.25, 0.3) is 5.91 Å². The van der Waals surface area contributed by atoms with E-state index in [1.165, 1.54) is 19.2 Å². The predicted molar refractivity (Wildman–Crippen MR) is 116 cm³/mol. The third-order valence-electron chi connectivity index (χ3n) is 4.41. The van der Waals surface area contributed by atoms with Gasteiger partial charge in [-0.1, -0.05) is 29.8 Å². The second-order valence-corrected chi connectivity index (χ2v) is 6.93. The van der Waals surface area contributed by atoms with Crippen molar-refractivity contribution in [3.8, 4) is 5.69 Å². The second kappa shape index (κ2) is 9.37. The van der Waals surface area contributed by atoms with Crippen LogP contribution in [-0.2, 0) is 14.3 Å². The molecular weight excluding hydrogens is 404 g/mol. The molecule has 1 atom stereocenters. The minimum atomic E-state index is -1.01. The Balaban J connectivity index is 1.65. The molecule has 8 heteroatoms. The van der Waals surface area contributed by atoms with Gasteiger partial charge in [-0.3, -0.25) is 4.79 Å². The zero-order valence-electron chi connectivity index (χ0n) is 16.8. The maximum absolute atomic E-state index is 12.2. The lowest BCUT2D eigenvalue weighted by Gasteiger charge is -2.12. The number of anilines is 1. The van der Waals surface area contributed by atoms with Crippen LogP contribution in [0.15, 0.2) is 54.7 Å². The molecule has 1 amide bonds. The summed E-state index contributed by atoms with van der Waals surface area (Å²) in [6, 6.07) is 13.0. The predicted octanol–water partition coefficient (Wildman–Crippen LogP) is 4.12. The molecule has 0 saturated carbocycles. The van der Waals surface area contributed by atoms with E-state index in [2.05, 4.69) is 15.4 Å². The van der Waals surface area contributed by atoms with Gasteiger partial charge in [0.2, 0.25) is 0 Å². The van der Waals surface area contributed by atoms with E-state index in [4.69, 9.17) is 16.3 Å². The lowest BCUT2D eigenvalue weighted by molar-refractivity contribution is -0.148. The number of esters is 1. The van der Waals surface area contributed by atoms with Crippen molar-refractivity contribution in [2.75, 3.05) is 5.32 Å². The molecule has 0 spiro atoms. The topological polar surface area (TPSA) is 86.1 Å². The Hall–Kier alpha value is -3.45.